The first-order chi connectivity index (χ1) is 10.9. The second-order valence-corrected chi connectivity index (χ2v) is 6.39. The quantitative estimate of drug-likeness (QED) is 0.658. The highest BCUT2D eigenvalue weighted by molar-refractivity contribution is 8.13. The van der Waals surface area contributed by atoms with Crippen LogP contribution in [-0.2, 0) is 14.4 Å². The Labute approximate surface area is 139 Å². The summed E-state index contributed by atoms with van der Waals surface area (Å²) in [6.07, 6.45) is 0. The number of aliphatic hydroxyl groups excluding tert-OH is 1. The number of benzene rings is 1. The van der Waals surface area contributed by atoms with Crippen LogP contribution in [0.3, 0.4) is 0 Å². The van der Waals surface area contributed by atoms with Crippen LogP contribution in [0.15, 0.2) is 30.3 Å². The van der Waals surface area contributed by atoms with E-state index in [9.17, 15) is 14.4 Å². The second-order valence-electron chi connectivity index (χ2n) is 5.19. The molecule has 0 saturated heterocycles. The molecule has 0 aliphatic rings. The first-order valence-electron chi connectivity index (χ1n) is 7.19. The normalized spacial score (nSPS) is 14.6. The molecule has 23 heavy (non-hydrogen) atoms. The van der Waals surface area contributed by atoms with Gasteiger partial charge in [0, 0.05) is 12.7 Å². The fourth-order valence-corrected chi connectivity index (χ4v) is 2.96. The molecule has 1 rings (SSSR count). The summed E-state index contributed by atoms with van der Waals surface area (Å²) in [5.41, 5.74) is 0.924. The minimum atomic E-state index is -1.35. The van der Waals surface area contributed by atoms with Crippen molar-refractivity contribution in [3.05, 3.63) is 35.9 Å². The van der Waals surface area contributed by atoms with E-state index in [-0.39, 0.29) is 16.8 Å². The number of carbonyl (C=O) groups excluding carboxylic acids is 2. The van der Waals surface area contributed by atoms with Crippen molar-refractivity contribution in [1.82, 2.24) is 5.32 Å². The summed E-state index contributed by atoms with van der Waals surface area (Å²) < 4.78 is 0. The molecule has 0 heterocycles. The number of hydrogen-bond donors (Lipinski definition) is 3. The molecule has 0 aliphatic carbocycles. The van der Waals surface area contributed by atoms with Crippen molar-refractivity contribution >= 4 is 28.8 Å². The first-order valence-corrected chi connectivity index (χ1v) is 8.17. The number of aliphatic carboxylic acids is 1. The van der Waals surface area contributed by atoms with Gasteiger partial charge in [-0.3, -0.25) is 9.59 Å². The zero-order chi connectivity index (χ0) is 17.4. The predicted octanol–water partition coefficient (Wildman–Crippen LogP) is 1.25. The largest absolute Gasteiger partial charge is 0.480 e. The summed E-state index contributed by atoms with van der Waals surface area (Å²) in [5.74, 6) is -2.33. The van der Waals surface area contributed by atoms with Gasteiger partial charge in [-0.1, -0.05) is 49.0 Å². The van der Waals surface area contributed by atoms with Crippen molar-refractivity contribution < 1.29 is 24.6 Å². The lowest BCUT2D eigenvalue weighted by Crippen LogP contribution is -2.47. The molecule has 7 heteroatoms. The van der Waals surface area contributed by atoms with Gasteiger partial charge in [0.05, 0.1) is 12.5 Å². The average molecular weight is 339 g/mol. The minimum absolute atomic E-state index is 0.111. The van der Waals surface area contributed by atoms with Crippen LogP contribution in [-0.4, -0.2) is 45.6 Å². The smallest absolute Gasteiger partial charge is 0.328 e. The molecule has 3 N–H and O–H groups in total. The summed E-state index contributed by atoms with van der Waals surface area (Å²) in [7, 11) is 0. The van der Waals surface area contributed by atoms with Crippen LogP contribution in [0, 0.1) is 5.92 Å². The molecule has 1 aromatic carbocycles. The topological polar surface area (TPSA) is 104 Å². The molecule has 0 radical (unpaired) electrons. The molecule has 3 atom stereocenters. The molecule has 0 saturated carbocycles. The van der Waals surface area contributed by atoms with E-state index >= 15 is 0 Å². The Hall–Kier alpha value is -1.86. The van der Waals surface area contributed by atoms with Crippen LogP contribution in [0.5, 0.6) is 0 Å². The van der Waals surface area contributed by atoms with E-state index in [1.54, 1.807) is 0 Å². The Morgan fingerprint density at radius 1 is 1.22 bits per heavy atom. The van der Waals surface area contributed by atoms with Gasteiger partial charge in [0.15, 0.2) is 5.12 Å². The number of carboxylic acids is 1. The molecule has 3 unspecified atom stereocenters. The summed E-state index contributed by atoms with van der Waals surface area (Å²) in [4.78, 5) is 34.6. The van der Waals surface area contributed by atoms with Crippen molar-refractivity contribution in [2.75, 3.05) is 12.4 Å². The Kier molecular flexibility index (Phi) is 7.77. The van der Waals surface area contributed by atoms with E-state index in [0.29, 0.717) is 0 Å². The van der Waals surface area contributed by atoms with Crippen LogP contribution >= 0.6 is 11.8 Å². The van der Waals surface area contributed by atoms with Gasteiger partial charge in [0.25, 0.3) is 0 Å². The van der Waals surface area contributed by atoms with Crippen molar-refractivity contribution in [3.8, 4) is 0 Å². The summed E-state index contributed by atoms with van der Waals surface area (Å²) in [6.45, 7) is 2.59. The third-order valence-electron chi connectivity index (χ3n) is 3.53. The van der Waals surface area contributed by atoms with Gasteiger partial charge in [-0.2, -0.15) is 0 Å². The van der Waals surface area contributed by atoms with Gasteiger partial charge in [-0.25, -0.2) is 4.79 Å². The van der Waals surface area contributed by atoms with E-state index < -0.39 is 30.4 Å². The minimum Gasteiger partial charge on any atom is -0.480 e. The zero-order valence-corrected chi connectivity index (χ0v) is 13.9. The van der Waals surface area contributed by atoms with Crippen molar-refractivity contribution in [2.45, 2.75) is 25.8 Å². The lowest BCUT2D eigenvalue weighted by Gasteiger charge is -2.24. The first kappa shape index (κ1) is 19.2. The van der Waals surface area contributed by atoms with Gasteiger partial charge in [-0.05, 0) is 11.5 Å². The van der Waals surface area contributed by atoms with Crippen molar-refractivity contribution in [2.24, 2.45) is 5.92 Å². The fraction of sp³-hybridized carbons (Fsp3) is 0.438. The second kappa shape index (κ2) is 9.32. The SMILES string of the molecule is CC(=O)SCC(C(=O)NC(CO)C(=O)O)C(C)c1ccccc1. The molecule has 6 nitrogen and oxygen atoms in total. The highest BCUT2D eigenvalue weighted by Gasteiger charge is 2.30. The number of carbonyl (C=O) groups is 3. The molecular formula is C16H21NO5S. The number of rotatable bonds is 8. The van der Waals surface area contributed by atoms with E-state index in [4.69, 9.17) is 10.2 Å². The van der Waals surface area contributed by atoms with Crippen molar-refractivity contribution in [1.29, 1.82) is 0 Å². The maximum atomic E-state index is 12.4. The van der Waals surface area contributed by atoms with Crippen LogP contribution in [0.2, 0.25) is 0 Å². The monoisotopic (exact) mass is 339 g/mol. The molecule has 0 aliphatic heterocycles. The van der Waals surface area contributed by atoms with Crippen LogP contribution in [0.25, 0.3) is 0 Å². The number of thioether (sulfide) groups is 1. The summed E-state index contributed by atoms with van der Waals surface area (Å²) >= 11 is 1.02. The Balaban J connectivity index is 2.92. The maximum Gasteiger partial charge on any atom is 0.328 e. The highest BCUT2D eigenvalue weighted by atomic mass is 32.2. The molecule has 0 fully saturated rings. The maximum absolute atomic E-state index is 12.4. The Morgan fingerprint density at radius 2 is 1.83 bits per heavy atom. The van der Waals surface area contributed by atoms with Gasteiger partial charge in [0.1, 0.15) is 6.04 Å². The zero-order valence-electron chi connectivity index (χ0n) is 13.1. The number of aliphatic hydroxyl groups is 1. The van der Waals surface area contributed by atoms with E-state index in [1.165, 1.54) is 6.92 Å². The highest BCUT2D eigenvalue weighted by Crippen LogP contribution is 2.27. The standard InChI is InChI=1S/C16H21NO5S/c1-10(12-6-4-3-5-7-12)13(9-23-11(2)19)15(20)17-14(8-18)16(21)22/h3-7,10,13-14,18H,8-9H2,1-2H3,(H,17,20)(H,21,22). The third kappa shape index (κ3) is 6.03. The molecule has 126 valence electrons. The Morgan fingerprint density at radius 3 is 2.30 bits per heavy atom. The Bertz CT molecular complexity index is 549. The lowest BCUT2D eigenvalue weighted by molar-refractivity contribution is -0.143. The predicted molar refractivity (Wildman–Crippen MR) is 88.1 cm³/mol. The molecular weight excluding hydrogens is 318 g/mol. The van der Waals surface area contributed by atoms with Crippen LogP contribution in [0.1, 0.15) is 25.3 Å². The van der Waals surface area contributed by atoms with Gasteiger partial charge in [0.2, 0.25) is 5.91 Å². The van der Waals surface area contributed by atoms with Gasteiger partial charge in [-0.15, -0.1) is 0 Å². The molecule has 0 aromatic heterocycles. The van der Waals surface area contributed by atoms with Gasteiger partial charge < -0.3 is 15.5 Å². The lowest BCUT2D eigenvalue weighted by atomic mass is 9.88. The number of nitrogens with one attached hydrogen (secondary N) is 1. The van der Waals surface area contributed by atoms with E-state index in [2.05, 4.69) is 5.32 Å². The van der Waals surface area contributed by atoms with Crippen molar-refractivity contribution in [3.63, 3.8) is 0 Å². The third-order valence-corrected chi connectivity index (χ3v) is 4.46. The number of carboxylic acid groups (broad SMARTS) is 1. The summed E-state index contributed by atoms with van der Waals surface area (Å²) in [6, 6.07) is 7.98. The summed E-state index contributed by atoms with van der Waals surface area (Å²) in [5, 5.41) is 20.2. The van der Waals surface area contributed by atoms with Gasteiger partial charge >= 0.3 is 5.97 Å². The van der Waals surface area contributed by atoms with Crippen LogP contribution in [0.4, 0.5) is 0 Å². The molecule has 0 bridgehead atoms. The van der Waals surface area contributed by atoms with E-state index in [0.717, 1.165) is 17.3 Å². The molecule has 1 aromatic rings. The molecule has 0 spiro atoms. The number of hydrogen-bond acceptors (Lipinski definition) is 5. The van der Waals surface area contributed by atoms with E-state index in [1.807, 2.05) is 37.3 Å². The number of amides is 1. The molecule has 1 amide bonds. The van der Waals surface area contributed by atoms with Crippen LogP contribution < -0.4 is 5.32 Å². The fourth-order valence-electron chi connectivity index (χ4n) is 2.11. The average Bonchev–Trinajstić information content (AvgIpc) is 2.52.